The summed E-state index contributed by atoms with van der Waals surface area (Å²) in [6.07, 6.45) is 0. The quantitative estimate of drug-likeness (QED) is 0.280. The van der Waals surface area contributed by atoms with E-state index in [-0.39, 0.29) is 51.4 Å². The largest absolute Gasteiger partial charge is 1.00 e. The first kappa shape index (κ1) is 16.2. The first-order valence-electron chi connectivity index (χ1n) is 1.11. The predicted octanol–water partition coefficient (Wildman–Crippen LogP) is -4.67. The minimum Gasteiger partial charge on any atom is -0.857 e. The maximum absolute atomic E-state index is 8.74. The number of rotatable bonds is 0. The Morgan fingerprint density at radius 3 is 1.25 bits per heavy atom. The van der Waals surface area contributed by atoms with E-state index in [1.807, 2.05) is 0 Å². The number of hydrogen-bond acceptors (Lipinski definition) is 3. The SMILES string of the molecule is C[O-].O=S(=O)(O)O.[K+]. The van der Waals surface area contributed by atoms with Gasteiger partial charge in [0.15, 0.2) is 0 Å². The van der Waals surface area contributed by atoms with Gasteiger partial charge in [-0.1, -0.05) is 0 Å². The van der Waals surface area contributed by atoms with Crippen LogP contribution in [0.5, 0.6) is 0 Å². The van der Waals surface area contributed by atoms with E-state index in [0.717, 1.165) is 7.11 Å². The molecule has 0 bridgehead atoms. The van der Waals surface area contributed by atoms with Crippen LogP contribution in [0.15, 0.2) is 0 Å². The Morgan fingerprint density at radius 2 is 1.25 bits per heavy atom. The topological polar surface area (TPSA) is 97.7 Å². The van der Waals surface area contributed by atoms with Gasteiger partial charge in [0.05, 0.1) is 0 Å². The van der Waals surface area contributed by atoms with Crippen LogP contribution in [0.4, 0.5) is 0 Å². The predicted molar refractivity (Wildman–Crippen MR) is 20.1 cm³/mol. The molecule has 8 heavy (non-hydrogen) atoms. The molecule has 46 valence electrons. The summed E-state index contributed by atoms with van der Waals surface area (Å²) in [5.41, 5.74) is 0. The van der Waals surface area contributed by atoms with E-state index in [9.17, 15) is 0 Å². The van der Waals surface area contributed by atoms with Crippen molar-refractivity contribution in [2.75, 3.05) is 7.11 Å². The molecule has 0 saturated carbocycles. The van der Waals surface area contributed by atoms with Crippen molar-refractivity contribution in [1.29, 1.82) is 0 Å². The number of hydrogen-bond donors (Lipinski definition) is 2. The molecule has 0 fully saturated rings. The van der Waals surface area contributed by atoms with Crippen molar-refractivity contribution in [2.45, 2.75) is 0 Å². The molecule has 0 radical (unpaired) electrons. The molecule has 2 N–H and O–H groups in total. The normalized spacial score (nSPS) is 8.00. The zero-order valence-electron chi connectivity index (χ0n) is 4.53. The monoisotopic (exact) mass is 168 g/mol. The minimum absolute atomic E-state index is 0. The summed E-state index contributed by atoms with van der Waals surface area (Å²) in [6.45, 7) is 0. The summed E-state index contributed by atoms with van der Waals surface area (Å²) in [4.78, 5) is 0. The Bertz CT molecular complexity index is 95.6. The van der Waals surface area contributed by atoms with E-state index in [2.05, 4.69) is 0 Å². The molecular weight excluding hydrogens is 163 g/mol. The molecular formula is CH5KO5S. The summed E-state index contributed by atoms with van der Waals surface area (Å²) in [7, 11) is -3.92. The summed E-state index contributed by atoms with van der Waals surface area (Å²) in [5.74, 6) is 0. The van der Waals surface area contributed by atoms with E-state index in [1.165, 1.54) is 0 Å². The molecule has 0 amide bonds. The smallest absolute Gasteiger partial charge is 0.857 e. The molecule has 0 unspecified atom stereocenters. The second-order valence-electron chi connectivity index (χ2n) is 0.448. The van der Waals surface area contributed by atoms with E-state index in [0.29, 0.717) is 0 Å². The van der Waals surface area contributed by atoms with Crippen LogP contribution in [0, 0.1) is 0 Å². The van der Waals surface area contributed by atoms with Crippen molar-refractivity contribution < 1.29 is 74.0 Å². The third-order valence-corrected chi connectivity index (χ3v) is 0. The van der Waals surface area contributed by atoms with Crippen LogP contribution >= 0.6 is 0 Å². The van der Waals surface area contributed by atoms with Crippen LogP contribution in [0.25, 0.3) is 0 Å². The van der Waals surface area contributed by atoms with E-state index in [1.54, 1.807) is 0 Å². The maximum atomic E-state index is 8.74. The van der Waals surface area contributed by atoms with Gasteiger partial charge in [-0.3, -0.25) is 9.11 Å². The molecule has 0 aromatic heterocycles. The fourth-order valence-electron chi connectivity index (χ4n) is 0. The molecule has 0 rings (SSSR count). The van der Waals surface area contributed by atoms with Gasteiger partial charge in [0, 0.05) is 0 Å². The molecule has 7 heteroatoms. The summed E-state index contributed by atoms with van der Waals surface area (Å²) in [5, 5.41) is 8.25. The maximum Gasteiger partial charge on any atom is 1.00 e. The summed E-state index contributed by atoms with van der Waals surface area (Å²) < 4.78 is 31.6. The Balaban J connectivity index is -0.0000000750. The van der Waals surface area contributed by atoms with Gasteiger partial charge >= 0.3 is 61.8 Å². The van der Waals surface area contributed by atoms with Gasteiger partial charge in [-0.2, -0.15) is 15.5 Å². The molecule has 0 aliphatic carbocycles. The standard InChI is InChI=1S/CH3O.K.H2O4S/c1-2;;1-5(2,3)4/h1H3;;(H2,1,2,3,4)/q-1;+1;. The second kappa shape index (κ2) is 8.47. The van der Waals surface area contributed by atoms with Crippen molar-refractivity contribution >= 4 is 10.4 Å². The van der Waals surface area contributed by atoms with Crippen molar-refractivity contribution in [2.24, 2.45) is 0 Å². The van der Waals surface area contributed by atoms with Gasteiger partial charge in [0.1, 0.15) is 0 Å². The Hall–Kier alpha value is 1.47. The van der Waals surface area contributed by atoms with Crippen LogP contribution in [-0.2, 0) is 10.4 Å². The first-order chi connectivity index (χ1) is 3.00. The van der Waals surface area contributed by atoms with E-state index in [4.69, 9.17) is 22.6 Å². The molecule has 0 aliphatic heterocycles. The second-order valence-corrected chi connectivity index (χ2v) is 1.34. The molecule has 0 saturated heterocycles. The van der Waals surface area contributed by atoms with Crippen molar-refractivity contribution in [3.05, 3.63) is 0 Å². The molecule has 0 atom stereocenters. The van der Waals surface area contributed by atoms with Gasteiger partial charge in [-0.25, -0.2) is 0 Å². The van der Waals surface area contributed by atoms with Gasteiger partial charge < -0.3 is 5.11 Å². The van der Waals surface area contributed by atoms with Crippen LogP contribution in [0.2, 0.25) is 0 Å². The van der Waals surface area contributed by atoms with Crippen LogP contribution in [0.1, 0.15) is 0 Å². The zero-order valence-corrected chi connectivity index (χ0v) is 8.47. The first-order valence-corrected chi connectivity index (χ1v) is 2.50. The zero-order chi connectivity index (χ0) is 6.50. The van der Waals surface area contributed by atoms with Gasteiger partial charge in [0.25, 0.3) is 0 Å². The minimum atomic E-state index is -4.67. The average Bonchev–Trinajstić information content (AvgIpc) is 1.36. The van der Waals surface area contributed by atoms with Gasteiger partial charge in [0.2, 0.25) is 0 Å². The molecule has 0 aromatic rings. The molecule has 0 aliphatic rings. The van der Waals surface area contributed by atoms with Crippen LogP contribution in [-0.4, -0.2) is 24.6 Å². The van der Waals surface area contributed by atoms with Crippen molar-refractivity contribution in [3.63, 3.8) is 0 Å². The third-order valence-electron chi connectivity index (χ3n) is 0. The van der Waals surface area contributed by atoms with Crippen molar-refractivity contribution in [3.8, 4) is 0 Å². The summed E-state index contributed by atoms with van der Waals surface area (Å²) in [6, 6.07) is 0. The Morgan fingerprint density at radius 1 is 1.25 bits per heavy atom. The Labute approximate surface area is 90.1 Å². The van der Waals surface area contributed by atoms with E-state index < -0.39 is 10.4 Å². The van der Waals surface area contributed by atoms with Gasteiger partial charge in [-0.05, 0) is 0 Å². The third kappa shape index (κ3) is 145. The van der Waals surface area contributed by atoms with Crippen LogP contribution in [0.3, 0.4) is 0 Å². The Kier molecular flexibility index (Phi) is 17.2. The van der Waals surface area contributed by atoms with Crippen LogP contribution < -0.4 is 56.5 Å². The van der Waals surface area contributed by atoms with Crippen molar-refractivity contribution in [1.82, 2.24) is 0 Å². The van der Waals surface area contributed by atoms with E-state index >= 15 is 0 Å². The molecule has 0 aromatic carbocycles. The molecule has 5 nitrogen and oxygen atoms in total. The fourth-order valence-corrected chi connectivity index (χ4v) is 0. The molecule has 0 spiro atoms. The average molecular weight is 168 g/mol. The molecule has 0 heterocycles. The van der Waals surface area contributed by atoms with Gasteiger partial charge in [-0.15, -0.1) is 0 Å². The fraction of sp³-hybridized carbons (Fsp3) is 1.00. The summed E-state index contributed by atoms with van der Waals surface area (Å²) >= 11 is 0.